The first kappa shape index (κ1) is 74.3. The van der Waals surface area contributed by atoms with Crippen LogP contribution in [0.5, 0.6) is 0 Å². The van der Waals surface area contributed by atoms with Crippen LogP contribution in [0.4, 0.5) is 0 Å². The van der Waals surface area contributed by atoms with Crippen LogP contribution in [0.25, 0.3) is 0 Å². The number of carboxylic acids is 4. The minimum atomic E-state index is -1.23. The molecule has 9 nitrogen and oxygen atoms in total. The molecule has 0 aliphatic heterocycles. The number of hydrogen-bond acceptors (Lipinski definition) is 8. The largest absolute Gasteiger partial charge is 3.00 e. The Hall–Kier alpha value is -1.63. The monoisotopic (exact) mass is 967 g/mol. The number of carbonyl (C=O) groups is 4. The van der Waals surface area contributed by atoms with Crippen LogP contribution in [0.15, 0.2) is 0 Å². The number of aliphatic carboxylic acids is 4. The molecule has 2 N–H and O–H groups in total. The summed E-state index contributed by atoms with van der Waals surface area (Å²) < 4.78 is 0. The van der Waals surface area contributed by atoms with Gasteiger partial charge in [0.25, 0.3) is 0 Å². The number of rotatable bonds is 49. The van der Waals surface area contributed by atoms with Crippen LogP contribution in [0.3, 0.4) is 0 Å². The SMILES string of the molecule is CC(O)C(=O)O.CCCCCCCCCCCCCCCCCC(=O)[O-].CCCCCCCCCCCCCCCCCC(=O)[O-].CCCCCCCCCCCCCCCCCC(=O)[O-].[Al+3]. The van der Waals surface area contributed by atoms with Gasteiger partial charge in [-0.05, 0) is 45.4 Å². The van der Waals surface area contributed by atoms with Crippen molar-refractivity contribution in [1.82, 2.24) is 0 Å². The molecule has 0 aliphatic rings. The molecule has 0 aromatic carbocycles. The topological polar surface area (TPSA) is 178 Å². The van der Waals surface area contributed by atoms with Crippen LogP contribution < -0.4 is 15.3 Å². The summed E-state index contributed by atoms with van der Waals surface area (Å²) in [5, 5.41) is 46.4. The Balaban J connectivity index is -0.000000268. The molecule has 0 rings (SSSR count). The van der Waals surface area contributed by atoms with Gasteiger partial charge in [-0.2, -0.15) is 0 Å². The summed E-state index contributed by atoms with van der Waals surface area (Å²) in [6.45, 7) is 8.00. The Morgan fingerprint density at radius 2 is 0.403 bits per heavy atom. The average molecular weight is 967 g/mol. The molecule has 0 amide bonds. The Morgan fingerprint density at radius 1 is 0.299 bits per heavy atom. The summed E-state index contributed by atoms with van der Waals surface area (Å²) in [6, 6.07) is 0. The van der Waals surface area contributed by atoms with E-state index in [1.54, 1.807) is 0 Å². The summed E-state index contributed by atoms with van der Waals surface area (Å²) in [5.41, 5.74) is 0. The summed E-state index contributed by atoms with van der Waals surface area (Å²) >= 11 is 0. The fourth-order valence-electron chi connectivity index (χ4n) is 7.92. The van der Waals surface area contributed by atoms with Crippen LogP contribution in [0.1, 0.15) is 336 Å². The Kier molecular flexibility index (Phi) is 76.1. The van der Waals surface area contributed by atoms with Crippen molar-refractivity contribution in [3.05, 3.63) is 0 Å². The Labute approximate surface area is 426 Å². The van der Waals surface area contributed by atoms with E-state index < -0.39 is 30.0 Å². The van der Waals surface area contributed by atoms with E-state index in [2.05, 4.69) is 20.8 Å². The Bertz CT molecular complexity index is 857. The molecule has 396 valence electrons. The number of carboxylic acid groups (broad SMARTS) is 4. The van der Waals surface area contributed by atoms with Crippen molar-refractivity contribution >= 4 is 41.2 Å². The molecule has 0 bridgehead atoms. The number of unbranched alkanes of at least 4 members (excludes halogenated alkanes) is 42. The van der Waals surface area contributed by atoms with Gasteiger partial charge in [0.05, 0.1) is 0 Å². The van der Waals surface area contributed by atoms with Crippen molar-refractivity contribution in [1.29, 1.82) is 0 Å². The zero-order valence-corrected chi connectivity index (χ0v) is 46.0. The second-order valence-electron chi connectivity index (χ2n) is 19.2. The predicted octanol–water partition coefficient (Wildman–Crippen LogP) is 14.1. The Morgan fingerprint density at radius 3 is 0.493 bits per heavy atom. The van der Waals surface area contributed by atoms with Gasteiger partial charge in [0.2, 0.25) is 0 Å². The van der Waals surface area contributed by atoms with Gasteiger partial charge in [0.15, 0.2) is 0 Å². The molecule has 0 saturated heterocycles. The molecule has 0 aromatic rings. The standard InChI is InChI=1S/3C18H36O2.C3H6O3.Al/c3*1-2-3-4-5-6-7-8-9-10-11-12-13-14-15-16-17-18(19)20;1-2(4)3(5)6;/h3*2-17H2,1H3,(H,19,20);2,4H,1H3,(H,5,6);/q;;;;+3/p-3. The molecule has 0 radical (unpaired) electrons. The van der Waals surface area contributed by atoms with Gasteiger partial charge in [-0.1, -0.05) is 290 Å². The van der Waals surface area contributed by atoms with E-state index in [0.717, 1.165) is 38.5 Å². The second-order valence-corrected chi connectivity index (χ2v) is 19.2. The van der Waals surface area contributed by atoms with Gasteiger partial charge in [-0.3, -0.25) is 0 Å². The van der Waals surface area contributed by atoms with E-state index in [9.17, 15) is 34.5 Å². The second kappa shape index (κ2) is 68.6. The van der Waals surface area contributed by atoms with Crippen LogP contribution in [-0.4, -0.2) is 57.6 Å². The van der Waals surface area contributed by atoms with E-state index in [0.29, 0.717) is 0 Å². The van der Waals surface area contributed by atoms with Crippen molar-refractivity contribution in [2.24, 2.45) is 0 Å². The molecule has 1 unspecified atom stereocenters. The first-order chi connectivity index (χ1) is 32.0. The van der Waals surface area contributed by atoms with E-state index in [-0.39, 0.29) is 36.6 Å². The van der Waals surface area contributed by atoms with Gasteiger partial charge in [-0.15, -0.1) is 0 Å². The molecular weight excluding hydrogens is 856 g/mol. The van der Waals surface area contributed by atoms with Gasteiger partial charge in [0.1, 0.15) is 6.10 Å². The van der Waals surface area contributed by atoms with Crippen LogP contribution >= 0.6 is 0 Å². The molecule has 67 heavy (non-hydrogen) atoms. The maximum atomic E-state index is 10.2. The van der Waals surface area contributed by atoms with Crippen molar-refractivity contribution < 1.29 is 44.7 Å². The number of carbonyl (C=O) groups excluding carboxylic acids is 3. The summed E-state index contributed by atoms with van der Waals surface area (Å²) in [7, 11) is 0. The molecule has 0 heterocycles. The fraction of sp³-hybridized carbons (Fsp3) is 0.930. The zero-order chi connectivity index (χ0) is 49.8. The summed E-state index contributed by atoms with van der Waals surface area (Å²) in [6.07, 6.45) is 58.3. The molecule has 10 heteroatoms. The smallest absolute Gasteiger partial charge is 0.550 e. The molecule has 0 aliphatic carbocycles. The number of aliphatic hydroxyl groups is 1. The number of hydrogen-bond donors (Lipinski definition) is 2. The molecular formula is C57H111AlO9. The molecule has 0 saturated carbocycles. The van der Waals surface area contributed by atoms with Crippen molar-refractivity contribution in [3.8, 4) is 0 Å². The first-order valence-electron chi connectivity index (χ1n) is 28.5. The van der Waals surface area contributed by atoms with E-state index in [4.69, 9.17) is 10.2 Å². The summed E-state index contributed by atoms with van der Waals surface area (Å²) in [4.78, 5) is 40.1. The van der Waals surface area contributed by atoms with Crippen molar-refractivity contribution in [2.45, 2.75) is 342 Å². The van der Waals surface area contributed by atoms with E-state index >= 15 is 0 Å². The van der Waals surface area contributed by atoms with Crippen LogP contribution in [-0.2, 0) is 19.2 Å². The van der Waals surface area contributed by atoms with Crippen molar-refractivity contribution in [3.63, 3.8) is 0 Å². The third-order valence-corrected chi connectivity index (χ3v) is 12.3. The van der Waals surface area contributed by atoms with Gasteiger partial charge < -0.3 is 39.9 Å². The van der Waals surface area contributed by atoms with Crippen LogP contribution in [0.2, 0.25) is 0 Å². The molecule has 1 atom stereocenters. The fourth-order valence-corrected chi connectivity index (χ4v) is 7.92. The van der Waals surface area contributed by atoms with Crippen molar-refractivity contribution in [2.75, 3.05) is 0 Å². The third-order valence-electron chi connectivity index (χ3n) is 12.3. The maximum Gasteiger partial charge on any atom is 3.00 e. The molecule has 0 aromatic heterocycles. The first-order valence-corrected chi connectivity index (χ1v) is 28.5. The van der Waals surface area contributed by atoms with E-state index in [1.165, 1.54) is 257 Å². The molecule has 0 spiro atoms. The minimum absolute atomic E-state index is 0. The predicted molar refractivity (Wildman–Crippen MR) is 279 cm³/mol. The maximum absolute atomic E-state index is 10.2. The molecule has 0 fully saturated rings. The van der Waals surface area contributed by atoms with Gasteiger partial charge >= 0.3 is 23.3 Å². The summed E-state index contributed by atoms with van der Waals surface area (Å²) in [5.74, 6) is -3.89. The zero-order valence-electron chi connectivity index (χ0n) is 44.8. The van der Waals surface area contributed by atoms with E-state index in [1.807, 2.05) is 0 Å². The van der Waals surface area contributed by atoms with Gasteiger partial charge in [-0.25, -0.2) is 4.79 Å². The third kappa shape index (κ3) is 87.9. The van der Waals surface area contributed by atoms with Gasteiger partial charge in [0, 0.05) is 17.9 Å². The van der Waals surface area contributed by atoms with Crippen LogP contribution in [0, 0.1) is 0 Å². The number of aliphatic hydroxyl groups excluding tert-OH is 1. The normalized spacial score (nSPS) is 10.9. The quantitative estimate of drug-likeness (QED) is 0.0443. The average Bonchev–Trinajstić information content (AvgIpc) is 3.28. The minimum Gasteiger partial charge on any atom is -0.550 e.